The maximum absolute atomic E-state index is 10.4. The van der Waals surface area contributed by atoms with Crippen molar-refractivity contribution in [2.24, 2.45) is 10.8 Å². The molecule has 0 radical (unpaired) electrons. The lowest BCUT2D eigenvalue weighted by atomic mass is 9.76. The minimum atomic E-state index is -0.200. The van der Waals surface area contributed by atoms with E-state index in [-0.39, 0.29) is 16.8 Å². The molecule has 0 aromatic heterocycles. The summed E-state index contributed by atoms with van der Waals surface area (Å²) in [4.78, 5) is 0. The Kier molecular flexibility index (Phi) is 9.51. The van der Waals surface area contributed by atoms with Gasteiger partial charge in [0.05, 0.1) is 19.3 Å². The first-order chi connectivity index (χ1) is 14.0. The molecule has 0 atom stereocenters. The Balaban J connectivity index is 3.00. The number of rotatable bonds is 11. The fourth-order valence-corrected chi connectivity index (χ4v) is 4.11. The number of aromatic hydroxyl groups is 1. The highest BCUT2D eigenvalue weighted by Crippen LogP contribution is 2.40. The molecule has 3 heteroatoms. The van der Waals surface area contributed by atoms with Crippen LogP contribution in [-0.2, 0) is 16.8 Å². The van der Waals surface area contributed by atoms with Gasteiger partial charge in [0, 0.05) is 0 Å². The minimum absolute atomic E-state index is 0.0265. The van der Waals surface area contributed by atoms with Gasteiger partial charge in [0.2, 0.25) is 0 Å². The van der Waals surface area contributed by atoms with Crippen molar-refractivity contribution < 1.29 is 14.6 Å². The molecule has 0 fully saturated rings. The maximum atomic E-state index is 10.4. The predicted octanol–water partition coefficient (Wildman–Crippen LogP) is 8.41. The molecule has 0 aliphatic rings. The molecule has 0 aliphatic heterocycles. The first-order valence-electron chi connectivity index (χ1n) is 12.0. The van der Waals surface area contributed by atoms with Gasteiger partial charge in [-0.25, -0.2) is 0 Å². The average molecular weight is 435 g/mol. The van der Waals surface area contributed by atoms with E-state index in [4.69, 9.17) is 9.47 Å². The van der Waals surface area contributed by atoms with E-state index in [1.54, 1.807) is 7.11 Å². The molecule has 0 saturated carbocycles. The third-order valence-corrected chi connectivity index (χ3v) is 6.19. The molecule has 31 heavy (non-hydrogen) atoms. The van der Waals surface area contributed by atoms with E-state index in [0.717, 1.165) is 31.2 Å². The zero-order chi connectivity index (χ0) is 24.1. The van der Waals surface area contributed by atoms with Crippen molar-refractivity contribution in [3.63, 3.8) is 0 Å². The van der Waals surface area contributed by atoms with Gasteiger partial charge >= 0.3 is 0 Å². The van der Waals surface area contributed by atoms with Crippen molar-refractivity contribution >= 4 is 0 Å². The van der Waals surface area contributed by atoms with Crippen LogP contribution in [0, 0.1) is 10.8 Å². The Labute approximate surface area is 192 Å². The molecule has 0 aliphatic carbocycles. The summed E-state index contributed by atoms with van der Waals surface area (Å²) in [6.45, 7) is 23.2. The minimum Gasteiger partial charge on any atom is -0.504 e. The fourth-order valence-electron chi connectivity index (χ4n) is 4.11. The molecular weight excluding hydrogens is 384 g/mol. The molecular formula is C28H50O3. The normalized spacial score (nSPS) is 13.5. The summed E-state index contributed by atoms with van der Waals surface area (Å²) in [5.41, 5.74) is 2.73. The predicted molar refractivity (Wildman–Crippen MR) is 133 cm³/mol. The first-order valence-corrected chi connectivity index (χ1v) is 12.0. The Morgan fingerprint density at radius 1 is 0.742 bits per heavy atom. The molecule has 3 nitrogen and oxygen atoms in total. The van der Waals surface area contributed by atoms with Crippen molar-refractivity contribution in [3.05, 3.63) is 23.3 Å². The fraction of sp³-hybridized carbons (Fsp3) is 0.786. The van der Waals surface area contributed by atoms with Crippen LogP contribution in [0.3, 0.4) is 0 Å². The first kappa shape index (κ1) is 27.8. The summed E-state index contributed by atoms with van der Waals surface area (Å²) < 4.78 is 11.8. The number of methoxy groups -OCH3 is 1. The number of phenolic OH excluding ortho intramolecular Hbond substituents is 1. The maximum Gasteiger partial charge on any atom is 0.160 e. The second-order valence-electron chi connectivity index (χ2n) is 12.9. The standard InChI is InChI=1S/C28H50O3/c1-25(2,3)14-12-16-27(7,8)22-19-24(30-11)23(29)18-21(22)20-31-28(9,10)17-13-15-26(4,5)6/h18-19,29H,12-17,20H2,1-11H3. The topological polar surface area (TPSA) is 38.7 Å². The van der Waals surface area contributed by atoms with Crippen molar-refractivity contribution in [2.75, 3.05) is 7.11 Å². The highest BCUT2D eigenvalue weighted by atomic mass is 16.5. The van der Waals surface area contributed by atoms with Crippen molar-refractivity contribution in [1.82, 2.24) is 0 Å². The summed E-state index contributed by atoms with van der Waals surface area (Å²) in [5.74, 6) is 0.716. The van der Waals surface area contributed by atoms with Crippen molar-refractivity contribution in [2.45, 2.75) is 125 Å². The van der Waals surface area contributed by atoms with Gasteiger partial charge in [0.25, 0.3) is 0 Å². The Morgan fingerprint density at radius 3 is 1.74 bits per heavy atom. The summed E-state index contributed by atoms with van der Waals surface area (Å²) in [7, 11) is 1.61. The molecule has 180 valence electrons. The number of benzene rings is 1. The average Bonchev–Trinajstić information content (AvgIpc) is 2.57. The number of hydrogen-bond donors (Lipinski definition) is 1. The van der Waals surface area contributed by atoms with E-state index in [1.165, 1.54) is 18.4 Å². The van der Waals surface area contributed by atoms with Crippen LogP contribution in [0.4, 0.5) is 0 Å². The highest BCUT2D eigenvalue weighted by molar-refractivity contribution is 5.48. The van der Waals surface area contributed by atoms with Gasteiger partial charge in [-0.05, 0) is 79.0 Å². The van der Waals surface area contributed by atoms with E-state index in [2.05, 4.69) is 69.2 Å². The van der Waals surface area contributed by atoms with Crippen LogP contribution in [0.5, 0.6) is 11.5 Å². The molecule has 0 amide bonds. The third kappa shape index (κ3) is 10.3. The largest absolute Gasteiger partial charge is 0.504 e. The van der Waals surface area contributed by atoms with E-state index >= 15 is 0 Å². The van der Waals surface area contributed by atoms with Crippen LogP contribution in [-0.4, -0.2) is 17.8 Å². The molecule has 0 saturated heterocycles. The zero-order valence-corrected chi connectivity index (χ0v) is 22.4. The van der Waals surface area contributed by atoms with Crippen molar-refractivity contribution in [3.8, 4) is 11.5 Å². The van der Waals surface area contributed by atoms with Crippen LogP contribution in [0.2, 0.25) is 0 Å². The molecule has 0 unspecified atom stereocenters. The molecule has 1 aromatic rings. The monoisotopic (exact) mass is 434 g/mol. The van der Waals surface area contributed by atoms with E-state index in [1.807, 2.05) is 12.1 Å². The molecule has 0 spiro atoms. The van der Waals surface area contributed by atoms with Gasteiger partial charge in [0.1, 0.15) is 0 Å². The summed E-state index contributed by atoms with van der Waals surface area (Å²) in [5, 5.41) is 10.4. The van der Waals surface area contributed by atoms with E-state index in [0.29, 0.717) is 23.2 Å². The lowest BCUT2D eigenvalue weighted by molar-refractivity contribution is -0.0381. The lowest BCUT2D eigenvalue weighted by Gasteiger charge is -2.32. The van der Waals surface area contributed by atoms with E-state index in [9.17, 15) is 5.11 Å². The second kappa shape index (κ2) is 10.6. The molecule has 1 N–H and O–H groups in total. The number of ether oxygens (including phenoxy) is 2. The van der Waals surface area contributed by atoms with Gasteiger partial charge in [0.15, 0.2) is 11.5 Å². The molecule has 1 rings (SSSR count). The lowest BCUT2D eigenvalue weighted by Crippen LogP contribution is -2.26. The van der Waals surface area contributed by atoms with Crippen LogP contribution >= 0.6 is 0 Å². The zero-order valence-electron chi connectivity index (χ0n) is 22.4. The second-order valence-corrected chi connectivity index (χ2v) is 12.9. The summed E-state index contributed by atoms with van der Waals surface area (Å²) in [6.07, 6.45) is 6.80. The van der Waals surface area contributed by atoms with Gasteiger partial charge in [-0.1, -0.05) is 68.2 Å². The molecule has 1 aromatic carbocycles. The van der Waals surface area contributed by atoms with Gasteiger partial charge in [-0.2, -0.15) is 0 Å². The van der Waals surface area contributed by atoms with Crippen LogP contribution in [0.1, 0.15) is 119 Å². The quantitative estimate of drug-likeness (QED) is 0.380. The number of hydrogen-bond acceptors (Lipinski definition) is 3. The smallest absolute Gasteiger partial charge is 0.160 e. The number of phenols is 1. The SMILES string of the molecule is COc1cc(C(C)(C)CCCC(C)(C)C)c(COC(C)(C)CCCC(C)(C)C)cc1O. The van der Waals surface area contributed by atoms with Crippen LogP contribution in [0.25, 0.3) is 0 Å². The Morgan fingerprint density at radius 2 is 1.26 bits per heavy atom. The van der Waals surface area contributed by atoms with Crippen molar-refractivity contribution in [1.29, 1.82) is 0 Å². The third-order valence-electron chi connectivity index (χ3n) is 6.19. The van der Waals surface area contributed by atoms with Gasteiger partial charge in [-0.15, -0.1) is 0 Å². The Hall–Kier alpha value is -1.22. The Bertz CT molecular complexity index is 687. The molecule has 0 bridgehead atoms. The molecule has 0 heterocycles. The highest BCUT2D eigenvalue weighted by Gasteiger charge is 2.28. The van der Waals surface area contributed by atoms with Crippen LogP contribution in [0.15, 0.2) is 12.1 Å². The summed E-state index contributed by atoms with van der Waals surface area (Å²) in [6, 6.07) is 3.85. The van der Waals surface area contributed by atoms with E-state index < -0.39 is 0 Å². The van der Waals surface area contributed by atoms with Gasteiger partial charge in [-0.3, -0.25) is 0 Å². The summed E-state index contributed by atoms with van der Waals surface area (Å²) >= 11 is 0. The van der Waals surface area contributed by atoms with Gasteiger partial charge < -0.3 is 14.6 Å². The van der Waals surface area contributed by atoms with Crippen LogP contribution < -0.4 is 4.74 Å².